The molecule has 0 unspecified atom stereocenters. The molecule has 168 valence electrons. The van der Waals surface area contributed by atoms with Crippen LogP contribution in [0.4, 0.5) is 11.4 Å². The van der Waals surface area contributed by atoms with Crippen molar-refractivity contribution in [2.45, 2.75) is 18.7 Å². The molecule has 9 heteroatoms. The van der Waals surface area contributed by atoms with Crippen molar-refractivity contribution in [1.29, 1.82) is 0 Å². The van der Waals surface area contributed by atoms with Crippen molar-refractivity contribution in [1.82, 2.24) is 0 Å². The van der Waals surface area contributed by atoms with E-state index in [0.29, 0.717) is 16.4 Å². The number of aryl methyl sites for hydroxylation is 2. The average molecular weight is 493 g/mol. The van der Waals surface area contributed by atoms with Crippen molar-refractivity contribution in [3.05, 3.63) is 81.8 Å². The van der Waals surface area contributed by atoms with Crippen molar-refractivity contribution in [2.75, 3.05) is 23.3 Å². The lowest BCUT2D eigenvalue weighted by Crippen LogP contribution is -2.38. The van der Waals surface area contributed by atoms with Crippen LogP contribution in [0.3, 0.4) is 0 Å². The molecule has 1 amide bonds. The molecule has 0 bridgehead atoms. The van der Waals surface area contributed by atoms with E-state index in [4.69, 9.17) is 27.9 Å². The van der Waals surface area contributed by atoms with Crippen LogP contribution >= 0.6 is 23.2 Å². The van der Waals surface area contributed by atoms with E-state index in [-0.39, 0.29) is 15.7 Å². The molecule has 0 heterocycles. The van der Waals surface area contributed by atoms with E-state index in [1.165, 1.54) is 19.2 Å². The van der Waals surface area contributed by atoms with Crippen LogP contribution in [0.1, 0.15) is 11.1 Å². The van der Waals surface area contributed by atoms with E-state index in [9.17, 15) is 13.2 Å². The normalized spacial score (nSPS) is 11.2. The molecule has 0 saturated carbocycles. The maximum Gasteiger partial charge on any atom is 0.268 e. The molecule has 32 heavy (non-hydrogen) atoms. The Labute approximate surface area is 197 Å². The summed E-state index contributed by atoms with van der Waals surface area (Å²) in [5.74, 6) is -0.376. The fourth-order valence-electron chi connectivity index (χ4n) is 3.04. The second-order valence-electron chi connectivity index (χ2n) is 7.17. The smallest absolute Gasteiger partial charge is 0.268 e. The molecular formula is C23H22Cl2N2O4S. The van der Waals surface area contributed by atoms with Gasteiger partial charge in [0.2, 0.25) is 5.91 Å². The third-order valence-corrected chi connectivity index (χ3v) is 7.04. The fourth-order valence-corrected chi connectivity index (χ4v) is 5.16. The van der Waals surface area contributed by atoms with Gasteiger partial charge in [-0.05, 0) is 61.9 Å². The number of sulfonamides is 1. The Morgan fingerprint density at radius 2 is 1.62 bits per heavy atom. The van der Waals surface area contributed by atoms with Crippen molar-refractivity contribution in [3.63, 3.8) is 0 Å². The lowest BCUT2D eigenvalue weighted by Gasteiger charge is -2.25. The molecule has 0 aliphatic rings. The Balaban J connectivity index is 2.02. The molecule has 0 aromatic heterocycles. The van der Waals surface area contributed by atoms with Crippen LogP contribution in [0, 0.1) is 13.8 Å². The molecule has 6 nitrogen and oxygen atoms in total. The number of amides is 1. The van der Waals surface area contributed by atoms with Gasteiger partial charge in [0.25, 0.3) is 10.0 Å². The highest BCUT2D eigenvalue weighted by Gasteiger charge is 2.30. The predicted octanol–water partition coefficient (Wildman–Crippen LogP) is 5.45. The largest absolute Gasteiger partial charge is 0.495 e. The van der Waals surface area contributed by atoms with Crippen LogP contribution in [-0.4, -0.2) is 28.0 Å². The van der Waals surface area contributed by atoms with Crippen LogP contribution < -0.4 is 14.4 Å². The van der Waals surface area contributed by atoms with Gasteiger partial charge in [-0.15, -0.1) is 0 Å². The third-order valence-electron chi connectivity index (χ3n) is 4.70. The lowest BCUT2D eigenvalue weighted by atomic mass is 10.2. The van der Waals surface area contributed by atoms with Crippen LogP contribution in [0.2, 0.25) is 10.0 Å². The molecule has 0 spiro atoms. The zero-order valence-electron chi connectivity index (χ0n) is 17.7. The van der Waals surface area contributed by atoms with Crippen LogP contribution in [0.25, 0.3) is 0 Å². The second kappa shape index (κ2) is 9.81. The highest BCUT2D eigenvalue weighted by molar-refractivity contribution is 7.93. The summed E-state index contributed by atoms with van der Waals surface area (Å²) in [5, 5.41) is 3.31. The zero-order valence-corrected chi connectivity index (χ0v) is 20.1. The van der Waals surface area contributed by atoms with E-state index in [0.717, 1.165) is 15.4 Å². The molecule has 0 aliphatic heterocycles. The van der Waals surface area contributed by atoms with Gasteiger partial charge in [0, 0.05) is 5.02 Å². The maximum atomic E-state index is 13.7. The number of halogens is 2. The minimum atomic E-state index is -4.14. The third kappa shape index (κ3) is 5.35. The number of nitrogens with zero attached hydrogens (tertiary/aromatic N) is 1. The quantitative estimate of drug-likeness (QED) is 0.475. The standard InChI is InChI=1S/C23H22Cl2N2O4S/c1-15-4-8-18(9-5-15)27(14-23(28)26-20-10-7-17(24)13-19(20)25)32(29,30)22-12-16(2)6-11-21(22)31-3/h4-13H,14H2,1-3H3,(H,26,28). The monoisotopic (exact) mass is 492 g/mol. The first-order valence-electron chi connectivity index (χ1n) is 9.61. The van der Waals surface area contributed by atoms with Crippen LogP contribution in [0.5, 0.6) is 5.75 Å². The second-order valence-corrected chi connectivity index (χ2v) is 9.85. The van der Waals surface area contributed by atoms with Gasteiger partial charge >= 0.3 is 0 Å². The van der Waals surface area contributed by atoms with E-state index in [2.05, 4.69) is 5.32 Å². The average Bonchev–Trinajstić information content (AvgIpc) is 2.74. The first kappa shape index (κ1) is 23.9. The summed E-state index contributed by atoms with van der Waals surface area (Å²) < 4.78 is 33.7. The molecule has 1 N–H and O–H groups in total. The number of hydrogen-bond acceptors (Lipinski definition) is 4. The minimum Gasteiger partial charge on any atom is -0.495 e. The first-order valence-corrected chi connectivity index (χ1v) is 11.8. The number of carbonyl (C=O) groups excluding carboxylic acids is 1. The molecule has 3 aromatic carbocycles. The van der Waals surface area contributed by atoms with E-state index >= 15 is 0 Å². The summed E-state index contributed by atoms with van der Waals surface area (Å²) in [4.78, 5) is 12.8. The first-order chi connectivity index (χ1) is 15.1. The van der Waals surface area contributed by atoms with Crippen molar-refractivity contribution < 1.29 is 17.9 Å². The summed E-state index contributed by atoms with van der Waals surface area (Å²) in [6.07, 6.45) is 0. The fraction of sp³-hybridized carbons (Fsp3) is 0.174. The van der Waals surface area contributed by atoms with Crippen LogP contribution in [0.15, 0.2) is 65.6 Å². The number of hydrogen-bond donors (Lipinski definition) is 1. The number of methoxy groups -OCH3 is 1. The Kier molecular flexibility index (Phi) is 7.33. The predicted molar refractivity (Wildman–Crippen MR) is 129 cm³/mol. The van der Waals surface area contributed by atoms with Gasteiger partial charge in [-0.1, -0.05) is 47.0 Å². The molecular weight excluding hydrogens is 471 g/mol. The highest BCUT2D eigenvalue weighted by Crippen LogP contribution is 2.31. The summed E-state index contributed by atoms with van der Waals surface area (Å²) in [7, 11) is -2.75. The number of anilines is 2. The van der Waals surface area contributed by atoms with Gasteiger partial charge in [-0.25, -0.2) is 8.42 Å². The number of nitrogens with one attached hydrogen (secondary N) is 1. The Bertz CT molecular complexity index is 1250. The molecule has 0 aliphatic carbocycles. The summed E-state index contributed by atoms with van der Waals surface area (Å²) >= 11 is 12.0. The molecule has 3 rings (SSSR count). The maximum absolute atomic E-state index is 13.7. The Morgan fingerprint density at radius 3 is 2.25 bits per heavy atom. The van der Waals surface area contributed by atoms with E-state index in [1.54, 1.807) is 55.5 Å². The number of ether oxygens (including phenoxy) is 1. The van der Waals surface area contributed by atoms with Crippen molar-refractivity contribution in [3.8, 4) is 5.75 Å². The Hall–Kier alpha value is -2.74. The topological polar surface area (TPSA) is 75.7 Å². The zero-order chi connectivity index (χ0) is 23.5. The number of rotatable bonds is 7. The SMILES string of the molecule is COc1ccc(C)cc1S(=O)(=O)N(CC(=O)Nc1ccc(Cl)cc1Cl)c1ccc(C)cc1. The molecule has 0 atom stereocenters. The Morgan fingerprint density at radius 1 is 0.969 bits per heavy atom. The van der Waals surface area contributed by atoms with Gasteiger partial charge in [-0.2, -0.15) is 0 Å². The number of carbonyl (C=O) groups is 1. The van der Waals surface area contributed by atoms with Gasteiger partial charge in [0.05, 0.1) is 23.5 Å². The lowest BCUT2D eigenvalue weighted by molar-refractivity contribution is -0.114. The van der Waals surface area contributed by atoms with Gasteiger partial charge in [-0.3, -0.25) is 9.10 Å². The van der Waals surface area contributed by atoms with Gasteiger partial charge in [0.15, 0.2) is 0 Å². The minimum absolute atomic E-state index is 0.0297. The molecule has 0 radical (unpaired) electrons. The molecule has 0 fully saturated rings. The molecule has 0 saturated heterocycles. The van der Waals surface area contributed by atoms with Gasteiger partial charge < -0.3 is 10.1 Å². The highest BCUT2D eigenvalue weighted by atomic mass is 35.5. The number of benzene rings is 3. The van der Waals surface area contributed by atoms with Crippen molar-refractivity contribution in [2.24, 2.45) is 0 Å². The summed E-state index contributed by atoms with van der Waals surface area (Å²) in [6, 6.07) is 16.3. The molecule has 3 aromatic rings. The van der Waals surface area contributed by atoms with E-state index in [1.807, 2.05) is 6.92 Å². The van der Waals surface area contributed by atoms with E-state index < -0.39 is 22.5 Å². The van der Waals surface area contributed by atoms with Crippen molar-refractivity contribution >= 4 is 50.5 Å². The van der Waals surface area contributed by atoms with Crippen LogP contribution in [-0.2, 0) is 14.8 Å². The van der Waals surface area contributed by atoms with Gasteiger partial charge in [0.1, 0.15) is 17.2 Å². The summed E-state index contributed by atoms with van der Waals surface area (Å²) in [5.41, 5.74) is 2.37. The summed E-state index contributed by atoms with van der Waals surface area (Å²) in [6.45, 7) is 3.20.